The first-order chi connectivity index (χ1) is 7.99. The molecule has 2 rings (SSSR count). The van der Waals surface area contributed by atoms with Crippen LogP contribution in [-0.2, 0) is 6.42 Å². The maximum absolute atomic E-state index is 12.8. The zero-order chi connectivity index (χ0) is 12.5. The van der Waals surface area contributed by atoms with Gasteiger partial charge in [0, 0.05) is 6.42 Å². The third-order valence-electron chi connectivity index (χ3n) is 4.17. The fourth-order valence-electron chi connectivity index (χ4n) is 2.90. The molecule has 1 saturated carbocycles. The molecule has 0 saturated heterocycles. The van der Waals surface area contributed by atoms with Crippen molar-refractivity contribution in [2.75, 3.05) is 0 Å². The van der Waals surface area contributed by atoms with Crippen LogP contribution < -0.4 is 0 Å². The molecule has 0 radical (unpaired) electrons. The van der Waals surface area contributed by atoms with Crippen LogP contribution >= 0.6 is 0 Å². The Morgan fingerprint density at radius 2 is 1.94 bits per heavy atom. The Balaban J connectivity index is 2.09. The highest BCUT2D eigenvalue weighted by molar-refractivity contribution is 5.19. The molecule has 2 heteroatoms. The molecule has 1 nitrogen and oxygen atoms in total. The summed E-state index contributed by atoms with van der Waals surface area (Å²) in [5.41, 5.74) is 0.417. The first-order valence-electron chi connectivity index (χ1n) is 6.46. The molecule has 1 aromatic rings. The molecule has 3 atom stereocenters. The Labute approximate surface area is 103 Å². The van der Waals surface area contributed by atoms with Crippen LogP contribution in [0.15, 0.2) is 24.3 Å². The predicted octanol–water partition coefficient (Wildman–Crippen LogP) is 3.56. The van der Waals surface area contributed by atoms with E-state index >= 15 is 0 Å². The van der Waals surface area contributed by atoms with Gasteiger partial charge in [-0.3, -0.25) is 0 Å². The molecule has 1 aromatic carbocycles. The topological polar surface area (TPSA) is 20.2 Å². The molecule has 1 fully saturated rings. The van der Waals surface area contributed by atoms with Gasteiger partial charge in [-0.25, -0.2) is 4.39 Å². The van der Waals surface area contributed by atoms with E-state index < -0.39 is 5.60 Å². The van der Waals surface area contributed by atoms with E-state index in [2.05, 4.69) is 13.8 Å². The highest BCUT2D eigenvalue weighted by Crippen LogP contribution is 2.38. The van der Waals surface area contributed by atoms with E-state index in [4.69, 9.17) is 0 Å². The van der Waals surface area contributed by atoms with Gasteiger partial charge < -0.3 is 5.11 Å². The van der Waals surface area contributed by atoms with Crippen molar-refractivity contribution < 1.29 is 9.50 Å². The Morgan fingerprint density at radius 3 is 2.53 bits per heavy atom. The van der Waals surface area contributed by atoms with E-state index in [1.54, 1.807) is 12.1 Å². The molecule has 0 spiro atoms. The minimum Gasteiger partial charge on any atom is -0.389 e. The van der Waals surface area contributed by atoms with Gasteiger partial charge in [0.2, 0.25) is 0 Å². The van der Waals surface area contributed by atoms with Gasteiger partial charge in [-0.2, -0.15) is 0 Å². The summed E-state index contributed by atoms with van der Waals surface area (Å²) >= 11 is 0. The quantitative estimate of drug-likeness (QED) is 0.832. The van der Waals surface area contributed by atoms with Gasteiger partial charge in [0.25, 0.3) is 0 Å². The summed E-state index contributed by atoms with van der Waals surface area (Å²) in [7, 11) is 0. The fraction of sp³-hybridized carbons (Fsp3) is 0.600. The lowest BCUT2D eigenvalue weighted by Crippen LogP contribution is -2.43. The lowest BCUT2D eigenvalue weighted by molar-refractivity contribution is -0.0522. The van der Waals surface area contributed by atoms with Gasteiger partial charge in [0.05, 0.1) is 5.60 Å². The van der Waals surface area contributed by atoms with Gasteiger partial charge in [-0.1, -0.05) is 26.0 Å². The van der Waals surface area contributed by atoms with Crippen LogP contribution in [0.2, 0.25) is 0 Å². The highest BCUT2D eigenvalue weighted by atomic mass is 19.1. The van der Waals surface area contributed by atoms with Crippen LogP contribution in [0.1, 0.15) is 38.7 Å². The summed E-state index contributed by atoms with van der Waals surface area (Å²) in [6, 6.07) is 6.49. The second-order valence-electron chi connectivity index (χ2n) is 5.69. The van der Waals surface area contributed by atoms with Crippen LogP contribution in [-0.4, -0.2) is 10.7 Å². The van der Waals surface area contributed by atoms with Crippen LogP contribution in [0.3, 0.4) is 0 Å². The second-order valence-corrected chi connectivity index (χ2v) is 5.69. The highest BCUT2D eigenvalue weighted by Gasteiger charge is 2.38. The average Bonchev–Trinajstić information content (AvgIpc) is 2.28. The molecule has 1 aliphatic carbocycles. The van der Waals surface area contributed by atoms with Crippen LogP contribution in [0.25, 0.3) is 0 Å². The van der Waals surface area contributed by atoms with Gasteiger partial charge in [0.1, 0.15) is 5.82 Å². The van der Waals surface area contributed by atoms with E-state index in [-0.39, 0.29) is 5.82 Å². The van der Waals surface area contributed by atoms with E-state index in [1.807, 2.05) is 0 Å². The summed E-state index contributed by atoms with van der Waals surface area (Å²) in [6.07, 6.45) is 3.66. The maximum Gasteiger partial charge on any atom is 0.123 e. The van der Waals surface area contributed by atoms with Crippen LogP contribution in [0, 0.1) is 17.7 Å². The molecule has 1 N–H and O–H groups in total. The zero-order valence-corrected chi connectivity index (χ0v) is 10.6. The van der Waals surface area contributed by atoms with Crippen molar-refractivity contribution in [3.05, 3.63) is 35.6 Å². The summed E-state index contributed by atoms with van der Waals surface area (Å²) in [4.78, 5) is 0. The summed E-state index contributed by atoms with van der Waals surface area (Å²) in [5.74, 6) is 0.806. The van der Waals surface area contributed by atoms with Crippen molar-refractivity contribution in [3.63, 3.8) is 0 Å². The van der Waals surface area contributed by atoms with E-state index in [0.29, 0.717) is 18.3 Å². The number of halogens is 1. The van der Waals surface area contributed by atoms with Gasteiger partial charge in [0.15, 0.2) is 0 Å². The normalized spacial score (nSPS) is 33.6. The Kier molecular flexibility index (Phi) is 3.53. The Morgan fingerprint density at radius 1 is 1.29 bits per heavy atom. The Bertz CT molecular complexity index is 373. The summed E-state index contributed by atoms with van der Waals surface area (Å²) in [6.45, 7) is 4.37. The third-order valence-corrected chi connectivity index (χ3v) is 4.17. The lowest BCUT2D eigenvalue weighted by Gasteiger charge is -2.41. The third kappa shape index (κ3) is 2.86. The van der Waals surface area contributed by atoms with Crippen molar-refractivity contribution in [2.45, 2.75) is 45.1 Å². The molecule has 3 unspecified atom stereocenters. The Hall–Kier alpha value is -0.890. The van der Waals surface area contributed by atoms with E-state index in [9.17, 15) is 9.50 Å². The zero-order valence-electron chi connectivity index (χ0n) is 10.6. The minimum absolute atomic E-state index is 0.217. The lowest BCUT2D eigenvalue weighted by atomic mass is 9.70. The number of hydrogen-bond donors (Lipinski definition) is 1. The molecule has 0 amide bonds. The van der Waals surface area contributed by atoms with Gasteiger partial charge in [-0.15, -0.1) is 0 Å². The molecule has 0 heterocycles. The van der Waals surface area contributed by atoms with Crippen molar-refractivity contribution in [3.8, 4) is 0 Å². The maximum atomic E-state index is 12.8. The molecule has 17 heavy (non-hydrogen) atoms. The first-order valence-corrected chi connectivity index (χ1v) is 6.46. The second kappa shape index (κ2) is 4.77. The molecule has 94 valence electrons. The summed E-state index contributed by atoms with van der Waals surface area (Å²) in [5, 5.41) is 10.7. The van der Waals surface area contributed by atoms with Crippen LogP contribution in [0.5, 0.6) is 0 Å². The molecule has 0 aliphatic heterocycles. The molecule has 0 bridgehead atoms. The standard InChI is InChI=1S/C15H21FO/c1-11-7-8-15(17,12(2)9-11)10-13-3-5-14(16)6-4-13/h3-6,11-12,17H,7-10H2,1-2H3. The largest absolute Gasteiger partial charge is 0.389 e. The minimum atomic E-state index is -0.607. The van der Waals surface area contributed by atoms with Gasteiger partial charge >= 0.3 is 0 Å². The van der Waals surface area contributed by atoms with E-state index in [0.717, 1.165) is 24.8 Å². The smallest absolute Gasteiger partial charge is 0.123 e. The number of rotatable bonds is 2. The molecule has 1 aliphatic rings. The monoisotopic (exact) mass is 236 g/mol. The fourth-order valence-corrected chi connectivity index (χ4v) is 2.90. The van der Waals surface area contributed by atoms with Gasteiger partial charge in [-0.05, 0) is 48.8 Å². The number of benzene rings is 1. The summed E-state index contributed by atoms with van der Waals surface area (Å²) < 4.78 is 12.8. The van der Waals surface area contributed by atoms with Crippen molar-refractivity contribution >= 4 is 0 Å². The van der Waals surface area contributed by atoms with E-state index in [1.165, 1.54) is 12.1 Å². The van der Waals surface area contributed by atoms with Crippen molar-refractivity contribution in [1.82, 2.24) is 0 Å². The molecular formula is C15H21FO. The van der Waals surface area contributed by atoms with Crippen molar-refractivity contribution in [2.24, 2.45) is 11.8 Å². The molecule has 0 aromatic heterocycles. The number of aliphatic hydroxyl groups is 1. The SMILES string of the molecule is CC1CCC(O)(Cc2ccc(F)cc2)C(C)C1. The predicted molar refractivity (Wildman–Crippen MR) is 67.2 cm³/mol. The molecular weight excluding hydrogens is 215 g/mol. The first kappa shape index (κ1) is 12.6. The van der Waals surface area contributed by atoms with Crippen molar-refractivity contribution in [1.29, 1.82) is 0 Å². The van der Waals surface area contributed by atoms with Crippen LogP contribution in [0.4, 0.5) is 4.39 Å². The number of hydrogen-bond acceptors (Lipinski definition) is 1. The average molecular weight is 236 g/mol.